The summed E-state index contributed by atoms with van der Waals surface area (Å²) in [4.78, 5) is 51.7. The first kappa shape index (κ1) is 18.9. The summed E-state index contributed by atoms with van der Waals surface area (Å²) in [5.74, 6) is -0.682. The molecule has 0 aliphatic rings. The van der Waals surface area contributed by atoms with Crippen molar-refractivity contribution in [3.05, 3.63) is 75.2 Å². The first-order valence-electron chi connectivity index (χ1n) is 6.64. The monoisotopic (exact) mass is 381 g/mol. The third-order valence-electron chi connectivity index (χ3n) is 3.31. The first-order valence-corrected chi connectivity index (χ1v) is 6.64. The van der Waals surface area contributed by atoms with Crippen molar-refractivity contribution in [2.75, 3.05) is 7.11 Å². The topological polar surface area (TPSA) is 204 Å². The molecule has 0 saturated heterocycles. The summed E-state index contributed by atoms with van der Waals surface area (Å²) in [6.07, 6.45) is 1.12. The second-order valence-corrected chi connectivity index (χ2v) is 4.81. The van der Waals surface area contributed by atoms with Gasteiger partial charge in [0.15, 0.2) is 0 Å². The van der Waals surface area contributed by atoms with Crippen LogP contribution in [0.3, 0.4) is 0 Å². The Morgan fingerprint density at radius 2 is 1.15 bits per heavy atom. The van der Waals surface area contributed by atoms with Crippen LogP contribution in [0.2, 0.25) is 0 Å². The molecule has 2 rings (SSSR count). The standard InChI is InChI=1S/C12H7N5O10/c1-27-12-7(14(19)20)2-6(3-8(12)15(21)22)13-4-9(16(23)24)11(18)10(5-13)17(25)26/h2-5H,1H3. The lowest BCUT2D eigenvalue weighted by Crippen LogP contribution is -2.15. The molecule has 0 saturated carbocycles. The number of hydrogen-bond acceptors (Lipinski definition) is 10. The van der Waals surface area contributed by atoms with Crippen molar-refractivity contribution < 1.29 is 24.4 Å². The van der Waals surface area contributed by atoms with Crippen molar-refractivity contribution >= 4 is 22.7 Å². The Morgan fingerprint density at radius 3 is 1.44 bits per heavy atom. The molecule has 15 nitrogen and oxygen atoms in total. The van der Waals surface area contributed by atoms with Crippen LogP contribution in [-0.4, -0.2) is 31.4 Å². The Hall–Kier alpha value is -4.43. The average Bonchev–Trinajstić information content (AvgIpc) is 2.59. The minimum Gasteiger partial charge on any atom is -0.485 e. The summed E-state index contributed by atoms with van der Waals surface area (Å²) in [7, 11) is 0.962. The number of nitrogens with zero attached hydrogens (tertiary/aromatic N) is 5. The summed E-state index contributed by atoms with van der Waals surface area (Å²) in [6.45, 7) is 0. The Kier molecular flexibility index (Phi) is 4.78. The molecule has 27 heavy (non-hydrogen) atoms. The fraction of sp³-hybridized carbons (Fsp3) is 0.0833. The zero-order valence-corrected chi connectivity index (χ0v) is 13.1. The fourth-order valence-corrected chi connectivity index (χ4v) is 2.17. The number of benzene rings is 1. The minimum atomic E-state index is -1.49. The highest BCUT2D eigenvalue weighted by atomic mass is 16.6. The molecule has 0 aliphatic heterocycles. The number of ether oxygens (including phenoxy) is 1. The van der Waals surface area contributed by atoms with E-state index in [0.717, 1.165) is 19.2 Å². The Balaban J connectivity index is 2.91. The summed E-state index contributed by atoms with van der Waals surface area (Å²) in [5.41, 5.74) is -5.98. The third kappa shape index (κ3) is 3.36. The molecule has 0 spiro atoms. The van der Waals surface area contributed by atoms with Gasteiger partial charge in [-0.25, -0.2) is 0 Å². The lowest BCUT2D eigenvalue weighted by Gasteiger charge is -2.09. The van der Waals surface area contributed by atoms with Crippen LogP contribution >= 0.6 is 0 Å². The highest BCUT2D eigenvalue weighted by molar-refractivity contribution is 5.66. The van der Waals surface area contributed by atoms with Crippen LogP contribution < -0.4 is 10.2 Å². The van der Waals surface area contributed by atoms with Gasteiger partial charge in [-0.1, -0.05) is 0 Å². The molecule has 0 radical (unpaired) electrons. The fourth-order valence-electron chi connectivity index (χ4n) is 2.17. The molecule has 0 bridgehead atoms. The van der Waals surface area contributed by atoms with E-state index in [4.69, 9.17) is 0 Å². The highest BCUT2D eigenvalue weighted by Gasteiger charge is 2.30. The largest absolute Gasteiger partial charge is 0.485 e. The summed E-state index contributed by atoms with van der Waals surface area (Å²) in [6, 6.07) is 1.51. The number of hydrogen-bond donors (Lipinski definition) is 0. The van der Waals surface area contributed by atoms with Gasteiger partial charge >= 0.3 is 28.2 Å². The highest BCUT2D eigenvalue weighted by Crippen LogP contribution is 2.39. The van der Waals surface area contributed by atoms with Gasteiger partial charge in [0.1, 0.15) is 0 Å². The molecule has 0 amide bonds. The normalized spacial score (nSPS) is 10.3. The van der Waals surface area contributed by atoms with Crippen LogP contribution in [0, 0.1) is 40.5 Å². The third-order valence-corrected chi connectivity index (χ3v) is 3.31. The Labute approximate surface area is 146 Å². The number of pyridine rings is 1. The van der Waals surface area contributed by atoms with Gasteiger partial charge in [-0.15, -0.1) is 0 Å². The van der Waals surface area contributed by atoms with Gasteiger partial charge in [-0.3, -0.25) is 45.3 Å². The maximum atomic E-state index is 11.8. The van der Waals surface area contributed by atoms with Crippen LogP contribution in [-0.2, 0) is 0 Å². The molecule has 15 heteroatoms. The van der Waals surface area contributed by atoms with Crippen molar-refractivity contribution in [2.45, 2.75) is 0 Å². The Morgan fingerprint density at radius 1 is 0.778 bits per heavy atom. The molecule has 140 valence electrons. The van der Waals surface area contributed by atoms with Gasteiger partial charge in [-0.05, 0) is 0 Å². The van der Waals surface area contributed by atoms with Crippen LogP contribution in [0.15, 0.2) is 29.3 Å². The van der Waals surface area contributed by atoms with Gasteiger partial charge < -0.3 is 9.30 Å². The lowest BCUT2D eigenvalue weighted by molar-refractivity contribution is -0.397. The zero-order valence-electron chi connectivity index (χ0n) is 13.1. The van der Waals surface area contributed by atoms with E-state index in [-0.39, 0.29) is 0 Å². The molecule has 0 unspecified atom stereocenters. The molecular formula is C12H7N5O10. The van der Waals surface area contributed by atoms with E-state index in [9.17, 15) is 45.3 Å². The molecule has 2 aromatic rings. The van der Waals surface area contributed by atoms with Crippen molar-refractivity contribution in [1.82, 2.24) is 4.57 Å². The summed E-state index contributed by atoms with van der Waals surface area (Å²) < 4.78 is 5.31. The van der Waals surface area contributed by atoms with Gasteiger partial charge in [0, 0.05) is 12.1 Å². The van der Waals surface area contributed by atoms with E-state index >= 15 is 0 Å². The molecule has 0 aliphatic carbocycles. The number of nitro groups is 4. The maximum Gasteiger partial charge on any atom is 0.340 e. The number of aromatic nitrogens is 1. The van der Waals surface area contributed by atoms with Crippen LogP contribution in [0.4, 0.5) is 22.7 Å². The molecular weight excluding hydrogens is 374 g/mol. The smallest absolute Gasteiger partial charge is 0.340 e. The van der Waals surface area contributed by atoms with E-state index in [0.29, 0.717) is 17.0 Å². The zero-order chi connectivity index (χ0) is 20.5. The molecule has 1 heterocycles. The summed E-state index contributed by atoms with van der Waals surface area (Å²) in [5, 5.41) is 44.3. The summed E-state index contributed by atoms with van der Waals surface area (Å²) >= 11 is 0. The SMILES string of the molecule is COc1c([N+](=O)[O-])cc(-n2cc([N+](=O)[O-])c(=O)c([N+](=O)[O-])c2)cc1[N+](=O)[O-]. The van der Waals surface area contributed by atoms with E-state index in [1.807, 2.05) is 0 Å². The van der Waals surface area contributed by atoms with Crippen molar-refractivity contribution in [3.8, 4) is 11.4 Å². The number of rotatable bonds is 6. The van der Waals surface area contributed by atoms with E-state index < -0.39 is 59.3 Å². The van der Waals surface area contributed by atoms with Crippen molar-refractivity contribution in [3.63, 3.8) is 0 Å². The van der Waals surface area contributed by atoms with Gasteiger partial charge in [0.2, 0.25) is 0 Å². The predicted molar refractivity (Wildman–Crippen MR) is 85.2 cm³/mol. The van der Waals surface area contributed by atoms with Gasteiger partial charge in [0.25, 0.3) is 5.75 Å². The molecule has 1 aromatic carbocycles. The van der Waals surface area contributed by atoms with E-state index in [1.165, 1.54) is 0 Å². The Bertz CT molecular complexity index is 986. The average molecular weight is 381 g/mol. The predicted octanol–water partition coefficient (Wildman–Crippen LogP) is 1.48. The second-order valence-electron chi connectivity index (χ2n) is 4.81. The number of nitro benzene ring substituents is 2. The lowest BCUT2D eigenvalue weighted by atomic mass is 10.2. The maximum absolute atomic E-state index is 11.8. The molecule has 1 aromatic heterocycles. The van der Waals surface area contributed by atoms with E-state index in [1.54, 1.807) is 0 Å². The van der Waals surface area contributed by atoms with Crippen molar-refractivity contribution in [1.29, 1.82) is 0 Å². The molecule has 0 N–H and O–H groups in total. The van der Waals surface area contributed by atoms with Gasteiger partial charge in [0.05, 0.1) is 44.9 Å². The van der Waals surface area contributed by atoms with Crippen LogP contribution in [0.5, 0.6) is 5.75 Å². The quantitative estimate of drug-likeness (QED) is 0.520. The molecule has 0 atom stereocenters. The first-order chi connectivity index (χ1) is 12.6. The van der Waals surface area contributed by atoms with Gasteiger partial charge in [-0.2, -0.15) is 0 Å². The molecule has 0 fully saturated rings. The van der Waals surface area contributed by atoms with Crippen LogP contribution in [0.1, 0.15) is 0 Å². The second kappa shape index (κ2) is 6.82. The van der Waals surface area contributed by atoms with E-state index in [2.05, 4.69) is 4.74 Å². The van der Waals surface area contributed by atoms with Crippen LogP contribution in [0.25, 0.3) is 5.69 Å². The van der Waals surface area contributed by atoms with Crippen molar-refractivity contribution in [2.24, 2.45) is 0 Å². The minimum absolute atomic E-state index is 0.402. The number of methoxy groups -OCH3 is 1.